The number of hydrogen-bond donors (Lipinski definition) is 2. The highest BCUT2D eigenvalue weighted by molar-refractivity contribution is 9.10. The van der Waals surface area contributed by atoms with Gasteiger partial charge in [-0.05, 0) is 48.4 Å². The van der Waals surface area contributed by atoms with Crippen molar-refractivity contribution in [1.29, 1.82) is 0 Å². The molecule has 140 valence electrons. The van der Waals surface area contributed by atoms with Crippen molar-refractivity contribution in [3.8, 4) is 5.75 Å². The van der Waals surface area contributed by atoms with Gasteiger partial charge in [-0.1, -0.05) is 35.0 Å². The van der Waals surface area contributed by atoms with E-state index in [2.05, 4.69) is 20.7 Å². The van der Waals surface area contributed by atoms with E-state index in [1.807, 2.05) is 6.92 Å². The van der Waals surface area contributed by atoms with Crippen molar-refractivity contribution in [3.05, 3.63) is 58.6 Å². The molecule has 0 saturated carbocycles. The Morgan fingerprint density at radius 2 is 1.77 bits per heavy atom. The molecule has 0 heterocycles. The highest BCUT2D eigenvalue weighted by Crippen LogP contribution is 2.24. The second-order valence-corrected chi connectivity index (χ2v) is 8.27. The first-order valence-electron chi connectivity index (χ1n) is 8.04. The van der Waals surface area contributed by atoms with Gasteiger partial charge in [0.1, 0.15) is 5.75 Å². The molecule has 0 bridgehead atoms. The molecule has 0 unspecified atom stereocenters. The summed E-state index contributed by atoms with van der Waals surface area (Å²) in [5, 5.41) is 9.15. The largest absolute Gasteiger partial charge is 0.494 e. The maximum absolute atomic E-state index is 12.6. The first-order chi connectivity index (χ1) is 12.3. The average molecular weight is 442 g/mol. The molecule has 1 atom stereocenters. The predicted octanol–water partition coefficient (Wildman–Crippen LogP) is 3.73. The third-order valence-corrected chi connectivity index (χ3v) is 5.57. The predicted molar refractivity (Wildman–Crippen MR) is 102 cm³/mol. The number of benzene rings is 2. The fourth-order valence-electron chi connectivity index (χ4n) is 2.29. The van der Waals surface area contributed by atoms with Crippen LogP contribution in [0.2, 0.25) is 0 Å². The standard InChI is InChI=1S/C18H20BrNO5S/c1-2-11-25-15-7-3-13(4-8-15)17(12-18(21)22)20-26(23,24)16-9-5-14(19)6-10-16/h3-10,17,20H,2,11-12H2,1H3,(H,21,22)/t17-/m0/s1. The van der Waals surface area contributed by atoms with Crippen LogP contribution in [0.15, 0.2) is 57.9 Å². The van der Waals surface area contributed by atoms with E-state index in [-0.39, 0.29) is 11.3 Å². The van der Waals surface area contributed by atoms with Gasteiger partial charge >= 0.3 is 5.97 Å². The van der Waals surface area contributed by atoms with E-state index < -0.39 is 22.0 Å². The van der Waals surface area contributed by atoms with E-state index >= 15 is 0 Å². The molecule has 2 aromatic carbocycles. The molecule has 0 aromatic heterocycles. The summed E-state index contributed by atoms with van der Waals surface area (Å²) < 4.78 is 33.9. The first-order valence-corrected chi connectivity index (χ1v) is 10.3. The van der Waals surface area contributed by atoms with Crippen molar-refractivity contribution in [2.45, 2.75) is 30.7 Å². The minimum atomic E-state index is -3.86. The van der Waals surface area contributed by atoms with Gasteiger partial charge in [-0.15, -0.1) is 0 Å². The smallest absolute Gasteiger partial charge is 0.305 e. The molecule has 0 aliphatic heterocycles. The van der Waals surface area contributed by atoms with E-state index in [1.54, 1.807) is 36.4 Å². The Morgan fingerprint density at radius 1 is 1.15 bits per heavy atom. The van der Waals surface area contributed by atoms with Crippen molar-refractivity contribution in [2.24, 2.45) is 0 Å². The van der Waals surface area contributed by atoms with Gasteiger partial charge in [0.05, 0.1) is 24.0 Å². The van der Waals surface area contributed by atoms with Gasteiger partial charge in [0.15, 0.2) is 0 Å². The van der Waals surface area contributed by atoms with Crippen LogP contribution in [0.5, 0.6) is 5.75 Å². The van der Waals surface area contributed by atoms with E-state index in [9.17, 15) is 13.2 Å². The number of aliphatic carboxylic acids is 1. The molecular formula is C18H20BrNO5S. The van der Waals surface area contributed by atoms with E-state index in [4.69, 9.17) is 9.84 Å². The maximum Gasteiger partial charge on any atom is 0.305 e. The highest BCUT2D eigenvalue weighted by Gasteiger charge is 2.23. The Labute approximate surface area is 161 Å². The summed E-state index contributed by atoms with van der Waals surface area (Å²) in [7, 11) is -3.86. The van der Waals surface area contributed by atoms with Gasteiger partial charge in [0.25, 0.3) is 0 Å². The van der Waals surface area contributed by atoms with Crippen molar-refractivity contribution < 1.29 is 23.1 Å². The summed E-state index contributed by atoms with van der Waals surface area (Å²) in [5.74, 6) is -0.444. The van der Waals surface area contributed by atoms with Crippen molar-refractivity contribution in [3.63, 3.8) is 0 Å². The number of hydrogen-bond acceptors (Lipinski definition) is 4. The zero-order chi connectivity index (χ0) is 19.2. The summed E-state index contributed by atoms with van der Waals surface area (Å²) in [6.45, 7) is 2.57. The number of rotatable bonds is 9. The Hall–Kier alpha value is -1.90. The molecule has 0 aliphatic rings. The van der Waals surface area contributed by atoms with Gasteiger partial charge < -0.3 is 9.84 Å². The van der Waals surface area contributed by atoms with Crippen LogP contribution in [0, 0.1) is 0 Å². The van der Waals surface area contributed by atoms with Crippen LogP contribution >= 0.6 is 15.9 Å². The summed E-state index contributed by atoms with van der Waals surface area (Å²) in [6.07, 6.45) is 0.501. The number of halogens is 1. The van der Waals surface area contributed by atoms with Gasteiger partial charge in [0.2, 0.25) is 10.0 Å². The normalized spacial score (nSPS) is 12.5. The fraction of sp³-hybridized carbons (Fsp3) is 0.278. The van der Waals surface area contributed by atoms with E-state index in [1.165, 1.54) is 12.1 Å². The third kappa shape index (κ3) is 5.82. The topological polar surface area (TPSA) is 92.7 Å². The molecule has 0 saturated heterocycles. The van der Waals surface area contributed by atoms with Crippen molar-refractivity contribution in [2.75, 3.05) is 6.61 Å². The lowest BCUT2D eigenvalue weighted by molar-refractivity contribution is -0.137. The molecule has 2 rings (SSSR count). The molecule has 6 nitrogen and oxygen atoms in total. The second-order valence-electron chi connectivity index (χ2n) is 5.64. The summed E-state index contributed by atoms with van der Waals surface area (Å²) in [5.41, 5.74) is 0.553. The number of sulfonamides is 1. The zero-order valence-corrected chi connectivity index (χ0v) is 16.6. The number of carbonyl (C=O) groups is 1. The Bertz CT molecular complexity index is 835. The number of ether oxygens (including phenoxy) is 1. The quantitative estimate of drug-likeness (QED) is 0.618. The monoisotopic (exact) mass is 441 g/mol. The lowest BCUT2D eigenvalue weighted by atomic mass is 10.0. The van der Waals surface area contributed by atoms with Crippen LogP contribution in [-0.2, 0) is 14.8 Å². The minimum Gasteiger partial charge on any atom is -0.494 e. The van der Waals surface area contributed by atoms with Gasteiger partial charge in [-0.2, -0.15) is 0 Å². The molecule has 0 aliphatic carbocycles. The third-order valence-electron chi connectivity index (χ3n) is 3.56. The number of carboxylic acids is 1. The van der Waals surface area contributed by atoms with Gasteiger partial charge in [-0.25, -0.2) is 13.1 Å². The van der Waals surface area contributed by atoms with Crippen LogP contribution in [0.3, 0.4) is 0 Å². The second kappa shape index (κ2) is 9.16. The van der Waals surface area contributed by atoms with Gasteiger partial charge in [-0.3, -0.25) is 4.79 Å². The Kier molecular flexibility index (Phi) is 7.19. The lowest BCUT2D eigenvalue weighted by Gasteiger charge is -2.18. The summed E-state index contributed by atoms with van der Waals surface area (Å²) in [6, 6.07) is 12.0. The molecule has 0 radical (unpaired) electrons. The molecule has 2 aromatic rings. The molecule has 26 heavy (non-hydrogen) atoms. The first kappa shape index (κ1) is 20.4. The molecule has 0 spiro atoms. The molecule has 0 amide bonds. The highest BCUT2D eigenvalue weighted by atomic mass is 79.9. The summed E-state index contributed by atoms with van der Waals surface area (Å²) >= 11 is 3.25. The number of carboxylic acid groups (broad SMARTS) is 1. The fourth-order valence-corrected chi connectivity index (χ4v) is 3.78. The summed E-state index contributed by atoms with van der Waals surface area (Å²) in [4.78, 5) is 11.3. The molecule has 8 heteroatoms. The van der Waals surface area contributed by atoms with Gasteiger partial charge in [0, 0.05) is 4.47 Å². The van der Waals surface area contributed by atoms with E-state index in [0.29, 0.717) is 17.9 Å². The van der Waals surface area contributed by atoms with Crippen LogP contribution in [0.1, 0.15) is 31.4 Å². The Balaban J connectivity index is 2.24. The van der Waals surface area contributed by atoms with Crippen molar-refractivity contribution in [1.82, 2.24) is 4.72 Å². The minimum absolute atomic E-state index is 0.0685. The zero-order valence-electron chi connectivity index (χ0n) is 14.2. The molecule has 0 fully saturated rings. The van der Waals surface area contributed by atoms with Crippen LogP contribution in [0.25, 0.3) is 0 Å². The molecule has 2 N–H and O–H groups in total. The lowest BCUT2D eigenvalue weighted by Crippen LogP contribution is -2.30. The SMILES string of the molecule is CCCOc1ccc([C@H](CC(=O)O)NS(=O)(=O)c2ccc(Br)cc2)cc1. The van der Waals surface area contributed by atoms with Crippen LogP contribution < -0.4 is 9.46 Å². The van der Waals surface area contributed by atoms with Crippen molar-refractivity contribution >= 4 is 31.9 Å². The average Bonchev–Trinajstić information content (AvgIpc) is 2.59. The molecular weight excluding hydrogens is 422 g/mol. The van der Waals surface area contributed by atoms with E-state index in [0.717, 1.165) is 10.9 Å². The Morgan fingerprint density at radius 3 is 2.31 bits per heavy atom. The van der Waals surface area contributed by atoms with Crippen LogP contribution in [-0.4, -0.2) is 26.1 Å². The van der Waals surface area contributed by atoms with Crippen LogP contribution in [0.4, 0.5) is 0 Å². The number of nitrogens with one attached hydrogen (secondary N) is 1. The maximum atomic E-state index is 12.6.